The number of hydrogen-bond acceptors (Lipinski definition) is 6. The van der Waals surface area contributed by atoms with Gasteiger partial charge in [0.05, 0.1) is 15.6 Å². The summed E-state index contributed by atoms with van der Waals surface area (Å²) in [6, 6.07) is 14.7. The van der Waals surface area contributed by atoms with Crippen LogP contribution in [0.4, 0.5) is 5.69 Å². The number of sulfonamides is 1. The van der Waals surface area contributed by atoms with Crippen molar-refractivity contribution < 1.29 is 13.5 Å². The highest BCUT2D eigenvalue weighted by Gasteiger charge is 2.21. The highest BCUT2D eigenvalue weighted by atomic mass is 35.5. The van der Waals surface area contributed by atoms with E-state index in [1.54, 1.807) is 42.5 Å². The third-order valence-electron chi connectivity index (χ3n) is 3.95. The van der Waals surface area contributed by atoms with Crippen LogP contribution in [0.5, 0.6) is 5.75 Å². The second-order valence-corrected chi connectivity index (χ2v) is 8.80. The van der Waals surface area contributed by atoms with Crippen LogP contribution in [0, 0.1) is 0 Å². The highest BCUT2D eigenvalue weighted by Crippen LogP contribution is 2.42. The fourth-order valence-corrected chi connectivity index (χ4v) is 5.08. The van der Waals surface area contributed by atoms with Crippen LogP contribution in [0.2, 0.25) is 5.02 Å². The summed E-state index contributed by atoms with van der Waals surface area (Å²) in [5, 5.41) is 18.8. The number of anilines is 1. The van der Waals surface area contributed by atoms with E-state index in [1.165, 1.54) is 18.5 Å². The van der Waals surface area contributed by atoms with Crippen molar-refractivity contribution in [2.45, 2.75) is 14.9 Å². The van der Waals surface area contributed by atoms with Gasteiger partial charge in [0.2, 0.25) is 5.16 Å². The lowest BCUT2D eigenvalue weighted by Crippen LogP contribution is -2.13. The van der Waals surface area contributed by atoms with E-state index in [2.05, 4.69) is 19.9 Å². The summed E-state index contributed by atoms with van der Waals surface area (Å²) in [6.07, 6.45) is 1.42. The number of hydrogen-bond donors (Lipinski definition) is 3. The standard InChI is InChI=1S/C18H13ClN4O3S2/c19-13-7-3-4-8-16(13)28(25,26)23-14-9-15(27-18-20-10-21-22-18)17(24)12-6-2-1-5-11(12)14/h1-10,23-24H,(H,20,21,22). The fourth-order valence-electron chi connectivity index (χ4n) is 2.70. The topological polar surface area (TPSA) is 108 Å². The van der Waals surface area contributed by atoms with Gasteiger partial charge >= 0.3 is 0 Å². The lowest BCUT2D eigenvalue weighted by molar-refractivity contribution is 0.469. The summed E-state index contributed by atoms with van der Waals surface area (Å²) < 4.78 is 28.3. The number of halogens is 1. The van der Waals surface area contributed by atoms with Gasteiger partial charge in [-0.15, -0.1) is 5.10 Å². The Morgan fingerprint density at radius 3 is 2.50 bits per heavy atom. The maximum Gasteiger partial charge on any atom is 0.263 e. The minimum Gasteiger partial charge on any atom is -0.506 e. The van der Waals surface area contributed by atoms with Gasteiger partial charge < -0.3 is 5.11 Å². The van der Waals surface area contributed by atoms with E-state index < -0.39 is 10.0 Å². The highest BCUT2D eigenvalue weighted by molar-refractivity contribution is 7.99. The molecule has 0 aliphatic carbocycles. The Kier molecular flexibility index (Phi) is 4.88. The van der Waals surface area contributed by atoms with Gasteiger partial charge in [0.25, 0.3) is 10.0 Å². The fraction of sp³-hybridized carbons (Fsp3) is 0. The molecule has 10 heteroatoms. The predicted octanol–water partition coefficient (Wildman–Crippen LogP) is 4.27. The lowest BCUT2D eigenvalue weighted by Gasteiger charge is -2.14. The van der Waals surface area contributed by atoms with Crippen molar-refractivity contribution in [3.05, 3.63) is 65.9 Å². The van der Waals surface area contributed by atoms with Crippen molar-refractivity contribution in [2.24, 2.45) is 0 Å². The minimum absolute atomic E-state index is 0.0195. The molecule has 0 amide bonds. The zero-order chi connectivity index (χ0) is 19.7. The van der Waals surface area contributed by atoms with Gasteiger partial charge in [-0.05, 0) is 30.0 Å². The number of aromatic nitrogens is 3. The summed E-state index contributed by atoms with van der Waals surface area (Å²) in [4.78, 5) is 4.41. The van der Waals surface area contributed by atoms with Crippen LogP contribution in [-0.2, 0) is 10.0 Å². The van der Waals surface area contributed by atoms with Gasteiger partial charge in [-0.1, -0.05) is 48.0 Å². The third-order valence-corrected chi connectivity index (χ3v) is 6.72. The number of aromatic hydroxyl groups is 1. The first-order chi connectivity index (χ1) is 13.5. The lowest BCUT2D eigenvalue weighted by atomic mass is 10.1. The van der Waals surface area contributed by atoms with Crippen LogP contribution in [-0.4, -0.2) is 28.7 Å². The molecule has 0 saturated carbocycles. The van der Waals surface area contributed by atoms with Gasteiger partial charge in [0.15, 0.2) is 0 Å². The molecule has 0 atom stereocenters. The molecular formula is C18H13ClN4O3S2. The van der Waals surface area contributed by atoms with Gasteiger partial charge in [0.1, 0.15) is 17.0 Å². The molecule has 3 aromatic carbocycles. The summed E-state index contributed by atoms with van der Waals surface area (Å²) in [7, 11) is -3.94. The maximum atomic E-state index is 12.9. The van der Waals surface area contributed by atoms with Gasteiger partial charge in [-0.3, -0.25) is 9.82 Å². The maximum absolute atomic E-state index is 12.9. The Hall–Kier alpha value is -2.75. The first-order valence-electron chi connectivity index (χ1n) is 8.01. The van der Waals surface area contributed by atoms with Crippen LogP contribution in [0.1, 0.15) is 0 Å². The SMILES string of the molecule is O=S(=O)(Nc1cc(Sc2nc[nH]n2)c(O)c2ccccc12)c1ccccc1Cl. The van der Waals surface area contributed by atoms with Crippen LogP contribution in [0.3, 0.4) is 0 Å². The molecule has 28 heavy (non-hydrogen) atoms. The molecule has 0 saturated heterocycles. The molecule has 0 bridgehead atoms. The average molecular weight is 433 g/mol. The Bertz CT molecular complexity index is 1260. The molecule has 0 spiro atoms. The van der Waals surface area contributed by atoms with Crippen molar-refractivity contribution in [3.63, 3.8) is 0 Å². The normalized spacial score (nSPS) is 11.6. The quantitative estimate of drug-likeness (QED) is 0.406. The Morgan fingerprint density at radius 2 is 1.79 bits per heavy atom. The average Bonchev–Trinajstić information content (AvgIpc) is 3.19. The number of nitrogens with one attached hydrogen (secondary N) is 2. The molecular weight excluding hydrogens is 420 g/mol. The van der Waals surface area contributed by atoms with Crippen molar-refractivity contribution in [1.29, 1.82) is 0 Å². The number of fused-ring (bicyclic) bond motifs is 1. The number of nitrogens with zero attached hydrogens (tertiary/aromatic N) is 2. The largest absolute Gasteiger partial charge is 0.506 e. The molecule has 0 radical (unpaired) electrons. The third kappa shape index (κ3) is 3.51. The summed E-state index contributed by atoms with van der Waals surface area (Å²) in [6.45, 7) is 0. The molecule has 0 unspecified atom stereocenters. The van der Waals surface area contributed by atoms with Crippen molar-refractivity contribution >= 4 is 49.8 Å². The number of benzene rings is 3. The number of phenols is 1. The first kappa shape index (κ1) is 18.6. The Balaban J connectivity index is 1.84. The van der Waals surface area contributed by atoms with Crippen molar-refractivity contribution in [1.82, 2.24) is 15.2 Å². The molecule has 7 nitrogen and oxygen atoms in total. The molecule has 4 aromatic rings. The van der Waals surface area contributed by atoms with E-state index in [0.29, 0.717) is 26.5 Å². The Morgan fingerprint density at radius 1 is 1.07 bits per heavy atom. The predicted molar refractivity (Wildman–Crippen MR) is 108 cm³/mol. The molecule has 0 fully saturated rings. The zero-order valence-corrected chi connectivity index (χ0v) is 16.5. The minimum atomic E-state index is -3.94. The van der Waals surface area contributed by atoms with Crippen LogP contribution in [0.25, 0.3) is 10.8 Å². The van der Waals surface area contributed by atoms with Gasteiger partial charge in [-0.25, -0.2) is 13.4 Å². The molecule has 1 heterocycles. The molecule has 3 N–H and O–H groups in total. The van der Waals surface area contributed by atoms with E-state index in [4.69, 9.17) is 11.6 Å². The number of H-pyrrole nitrogens is 1. The number of rotatable bonds is 5. The molecule has 0 aliphatic heterocycles. The van der Waals surface area contributed by atoms with E-state index in [-0.39, 0.29) is 15.7 Å². The van der Waals surface area contributed by atoms with Crippen LogP contribution < -0.4 is 4.72 Å². The Labute approximate surface area is 169 Å². The first-order valence-corrected chi connectivity index (χ1v) is 10.7. The van der Waals surface area contributed by atoms with Gasteiger partial charge in [-0.2, -0.15) is 0 Å². The summed E-state index contributed by atoms with van der Waals surface area (Å²) >= 11 is 7.17. The molecule has 1 aromatic heterocycles. The molecule has 142 valence electrons. The van der Waals surface area contributed by atoms with Crippen molar-refractivity contribution in [3.8, 4) is 5.75 Å². The monoisotopic (exact) mass is 432 g/mol. The summed E-state index contributed by atoms with van der Waals surface area (Å²) in [5.74, 6) is 0.0195. The van der Waals surface area contributed by atoms with E-state index in [9.17, 15) is 13.5 Å². The second kappa shape index (κ2) is 7.34. The summed E-state index contributed by atoms with van der Waals surface area (Å²) in [5.41, 5.74) is 0.311. The second-order valence-electron chi connectivity index (χ2n) is 5.74. The zero-order valence-electron chi connectivity index (χ0n) is 14.1. The van der Waals surface area contributed by atoms with E-state index >= 15 is 0 Å². The van der Waals surface area contributed by atoms with Gasteiger partial charge in [0, 0.05) is 10.8 Å². The van der Waals surface area contributed by atoms with Crippen LogP contribution >= 0.6 is 23.4 Å². The van der Waals surface area contributed by atoms with Crippen LogP contribution in [0.15, 0.2) is 75.9 Å². The molecule has 0 aliphatic rings. The molecule has 4 rings (SSSR count). The number of aromatic amines is 1. The van der Waals surface area contributed by atoms with Crippen molar-refractivity contribution in [2.75, 3.05) is 4.72 Å². The van der Waals surface area contributed by atoms with E-state index in [0.717, 1.165) is 11.8 Å². The number of phenolic OH excluding ortho intramolecular Hbond substituents is 1. The smallest absolute Gasteiger partial charge is 0.263 e. The van der Waals surface area contributed by atoms with E-state index in [1.807, 2.05) is 0 Å².